The zero-order chi connectivity index (χ0) is 16.2. The summed E-state index contributed by atoms with van der Waals surface area (Å²) in [5.74, 6) is 0. The van der Waals surface area contributed by atoms with E-state index in [1.54, 1.807) is 0 Å². The fourth-order valence-corrected chi connectivity index (χ4v) is 1.91. The van der Waals surface area contributed by atoms with Gasteiger partial charge >= 0.3 is 0 Å². The second kappa shape index (κ2) is 11.2. The number of benzene rings is 1. The van der Waals surface area contributed by atoms with Crippen LogP contribution in [-0.4, -0.2) is 39.6 Å². The molecule has 0 N–H and O–H groups in total. The van der Waals surface area contributed by atoms with Crippen LogP contribution >= 0.6 is 0 Å². The Morgan fingerprint density at radius 1 is 1.05 bits per heavy atom. The summed E-state index contributed by atoms with van der Waals surface area (Å²) in [4.78, 5) is 0. The van der Waals surface area contributed by atoms with Crippen molar-refractivity contribution in [2.45, 2.75) is 20.8 Å². The Labute approximate surface area is 134 Å². The second-order valence-electron chi connectivity index (χ2n) is 5.02. The minimum absolute atomic E-state index is 0.521. The van der Waals surface area contributed by atoms with Crippen molar-refractivity contribution in [1.82, 2.24) is 0 Å². The molecule has 122 valence electrons. The third-order valence-electron chi connectivity index (χ3n) is 3.38. The lowest BCUT2D eigenvalue weighted by molar-refractivity contribution is 0.0231. The normalized spacial score (nSPS) is 11.7. The number of rotatable bonds is 11. The van der Waals surface area contributed by atoms with Crippen molar-refractivity contribution >= 4 is 11.1 Å². The highest BCUT2D eigenvalue weighted by atomic mass is 16.5. The molecule has 0 unspecified atom stereocenters. The van der Waals surface area contributed by atoms with Crippen LogP contribution in [0.5, 0.6) is 0 Å². The van der Waals surface area contributed by atoms with Crippen molar-refractivity contribution in [3.63, 3.8) is 0 Å². The van der Waals surface area contributed by atoms with Crippen molar-refractivity contribution in [3.05, 3.63) is 48.0 Å². The van der Waals surface area contributed by atoms with E-state index < -0.39 is 0 Å². The summed E-state index contributed by atoms with van der Waals surface area (Å²) in [7, 11) is 0. The van der Waals surface area contributed by atoms with E-state index in [-0.39, 0.29) is 0 Å². The third-order valence-corrected chi connectivity index (χ3v) is 3.38. The average Bonchev–Trinajstić information content (AvgIpc) is 2.56. The van der Waals surface area contributed by atoms with Gasteiger partial charge in [-0.3, -0.25) is 0 Å². The van der Waals surface area contributed by atoms with Crippen molar-refractivity contribution in [2.24, 2.45) is 0 Å². The van der Waals surface area contributed by atoms with Gasteiger partial charge in [-0.1, -0.05) is 30.9 Å². The molecule has 0 amide bonds. The SMILES string of the molecule is C=C(COCCOCCOCC)c1cccc(/C(C)=C/C)c1. The Balaban J connectivity index is 2.28. The van der Waals surface area contributed by atoms with Crippen LogP contribution in [0.15, 0.2) is 36.9 Å². The van der Waals surface area contributed by atoms with E-state index in [2.05, 4.69) is 43.8 Å². The van der Waals surface area contributed by atoms with E-state index in [1.165, 1.54) is 11.1 Å². The quantitative estimate of drug-likeness (QED) is 0.574. The molecule has 3 heteroatoms. The largest absolute Gasteiger partial charge is 0.379 e. The first kappa shape index (κ1) is 18.6. The minimum Gasteiger partial charge on any atom is -0.379 e. The maximum atomic E-state index is 5.60. The van der Waals surface area contributed by atoms with Crippen molar-refractivity contribution in [2.75, 3.05) is 39.6 Å². The second-order valence-corrected chi connectivity index (χ2v) is 5.02. The van der Waals surface area contributed by atoms with E-state index in [0.717, 1.165) is 17.7 Å². The molecule has 0 spiro atoms. The maximum absolute atomic E-state index is 5.60. The van der Waals surface area contributed by atoms with Gasteiger partial charge in [-0.05, 0) is 49.1 Å². The molecule has 0 aliphatic heterocycles. The first-order chi connectivity index (χ1) is 10.7. The van der Waals surface area contributed by atoms with Gasteiger partial charge in [0.1, 0.15) is 0 Å². The molecule has 1 aromatic carbocycles. The van der Waals surface area contributed by atoms with Crippen molar-refractivity contribution < 1.29 is 14.2 Å². The predicted octanol–water partition coefficient (Wildman–Crippen LogP) is 4.19. The molecule has 0 bridgehead atoms. The summed E-state index contributed by atoms with van der Waals surface area (Å²) >= 11 is 0. The van der Waals surface area contributed by atoms with E-state index in [4.69, 9.17) is 14.2 Å². The van der Waals surface area contributed by atoms with E-state index in [9.17, 15) is 0 Å². The average molecular weight is 304 g/mol. The van der Waals surface area contributed by atoms with Crippen LogP contribution in [-0.2, 0) is 14.2 Å². The van der Waals surface area contributed by atoms with Crippen LogP contribution in [0.1, 0.15) is 31.9 Å². The van der Waals surface area contributed by atoms with Gasteiger partial charge in [0.2, 0.25) is 0 Å². The molecule has 0 heterocycles. The molecule has 0 atom stereocenters. The molecule has 0 radical (unpaired) electrons. The number of hydrogen-bond acceptors (Lipinski definition) is 3. The Morgan fingerprint density at radius 3 is 2.36 bits per heavy atom. The van der Waals surface area contributed by atoms with Gasteiger partial charge in [-0.15, -0.1) is 0 Å². The monoisotopic (exact) mass is 304 g/mol. The highest BCUT2D eigenvalue weighted by Gasteiger charge is 2.02. The molecule has 0 aromatic heterocycles. The molecule has 1 aromatic rings. The molecule has 3 nitrogen and oxygen atoms in total. The summed E-state index contributed by atoms with van der Waals surface area (Å²) < 4.78 is 16.2. The minimum atomic E-state index is 0.521. The van der Waals surface area contributed by atoms with E-state index in [0.29, 0.717) is 33.0 Å². The molecule has 0 aliphatic rings. The topological polar surface area (TPSA) is 27.7 Å². The maximum Gasteiger partial charge on any atom is 0.0718 e. The number of ether oxygens (including phenoxy) is 3. The van der Waals surface area contributed by atoms with E-state index >= 15 is 0 Å². The lowest BCUT2D eigenvalue weighted by Crippen LogP contribution is -2.10. The van der Waals surface area contributed by atoms with Gasteiger partial charge in [0, 0.05) is 6.61 Å². The molecule has 0 saturated carbocycles. The van der Waals surface area contributed by atoms with Crippen molar-refractivity contribution in [3.8, 4) is 0 Å². The fraction of sp³-hybridized carbons (Fsp3) is 0.474. The molecular weight excluding hydrogens is 276 g/mol. The van der Waals surface area contributed by atoms with Gasteiger partial charge in [-0.25, -0.2) is 0 Å². The highest BCUT2D eigenvalue weighted by molar-refractivity contribution is 5.70. The van der Waals surface area contributed by atoms with Crippen LogP contribution < -0.4 is 0 Å². The molecular formula is C19H28O3. The predicted molar refractivity (Wildman–Crippen MR) is 92.9 cm³/mol. The summed E-state index contributed by atoms with van der Waals surface area (Å²) in [6.45, 7) is 13.9. The van der Waals surface area contributed by atoms with Gasteiger partial charge < -0.3 is 14.2 Å². The van der Waals surface area contributed by atoms with Crippen LogP contribution in [0.3, 0.4) is 0 Å². The van der Waals surface area contributed by atoms with Gasteiger partial charge in [0.25, 0.3) is 0 Å². The first-order valence-electron chi connectivity index (χ1n) is 7.83. The zero-order valence-corrected chi connectivity index (χ0v) is 14.1. The summed E-state index contributed by atoms with van der Waals surface area (Å²) in [5, 5.41) is 0. The number of allylic oxidation sites excluding steroid dienone is 2. The van der Waals surface area contributed by atoms with Gasteiger partial charge in [-0.2, -0.15) is 0 Å². The van der Waals surface area contributed by atoms with Crippen LogP contribution in [0, 0.1) is 0 Å². The lowest BCUT2D eigenvalue weighted by Gasteiger charge is -2.10. The summed E-state index contributed by atoms with van der Waals surface area (Å²) in [6.07, 6.45) is 2.11. The Hall–Kier alpha value is -1.42. The molecule has 0 fully saturated rings. The standard InChI is InChI=1S/C19H28O3/c1-5-16(3)18-8-7-9-19(14-18)17(4)15-22-13-12-21-11-10-20-6-2/h5,7-9,14H,4,6,10-13,15H2,1-3H3/b16-5+. The van der Waals surface area contributed by atoms with E-state index in [1.807, 2.05) is 13.8 Å². The molecule has 0 aliphatic carbocycles. The van der Waals surface area contributed by atoms with Gasteiger partial charge in [0.05, 0.1) is 33.0 Å². The zero-order valence-electron chi connectivity index (χ0n) is 14.1. The Bertz CT molecular complexity index is 477. The van der Waals surface area contributed by atoms with Crippen LogP contribution in [0.2, 0.25) is 0 Å². The first-order valence-corrected chi connectivity index (χ1v) is 7.83. The lowest BCUT2D eigenvalue weighted by atomic mass is 10.0. The Morgan fingerprint density at radius 2 is 1.68 bits per heavy atom. The third kappa shape index (κ3) is 7.03. The highest BCUT2D eigenvalue weighted by Crippen LogP contribution is 2.19. The van der Waals surface area contributed by atoms with Crippen molar-refractivity contribution in [1.29, 1.82) is 0 Å². The smallest absolute Gasteiger partial charge is 0.0718 e. The van der Waals surface area contributed by atoms with Crippen LogP contribution in [0.25, 0.3) is 11.1 Å². The number of hydrogen-bond donors (Lipinski definition) is 0. The Kier molecular flexibility index (Phi) is 9.47. The van der Waals surface area contributed by atoms with Crippen LogP contribution in [0.4, 0.5) is 0 Å². The summed E-state index contributed by atoms with van der Waals surface area (Å²) in [5.41, 5.74) is 4.59. The molecule has 0 saturated heterocycles. The fourth-order valence-electron chi connectivity index (χ4n) is 1.91. The molecule has 22 heavy (non-hydrogen) atoms. The summed E-state index contributed by atoms with van der Waals surface area (Å²) in [6, 6.07) is 8.38. The van der Waals surface area contributed by atoms with Gasteiger partial charge in [0.15, 0.2) is 0 Å². The molecule has 1 rings (SSSR count).